The van der Waals surface area contributed by atoms with Crippen molar-refractivity contribution in [1.82, 2.24) is 19.7 Å². The third-order valence-electron chi connectivity index (χ3n) is 2.53. The fraction of sp³-hybridized carbons (Fsp3) is 0.333. The molecule has 0 aliphatic rings. The van der Waals surface area contributed by atoms with E-state index in [0.717, 1.165) is 11.4 Å². The van der Waals surface area contributed by atoms with E-state index in [0.29, 0.717) is 4.77 Å². The Morgan fingerprint density at radius 1 is 1.36 bits per heavy atom. The number of rotatable bonds is 1. The minimum atomic E-state index is 0.487. The van der Waals surface area contributed by atoms with Gasteiger partial charge in [-0.05, 0) is 32.1 Å². The third-order valence-corrected chi connectivity index (χ3v) is 2.72. The van der Waals surface area contributed by atoms with Crippen molar-refractivity contribution in [3.63, 3.8) is 0 Å². The smallest absolute Gasteiger partial charge is 0.213 e. The molecule has 0 fully saturated rings. The van der Waals surface area contributed by atoms with E-state index in [-0.39, 0.29) is 0 Å². The third kappa shape index (κ3) is 1.29. The summed E-state index contributed by atoms with van der Waals surface area (Å²) in [6.07, 6.45) is 0. The van der Waals surface area contributed by atoms with Crippen LogP contribution in [-0.2, 0) is 7.05 Å². The molecule has 14 heavy (non-hydrogen) atoms. The Morgan fingerprint density at radius 2 is 2.07 bits per heavy atom. The van der Waals surface area contributed by atoms with E-state index in [1.54, 1.807) is 0 Å². The molecule has 0 amide bonds. The van der Waals surface area contributed by atoms with E-state index in [9.17, 15) is 0 Å². The van der Waals surface area contributed by atoms with Gasteiger partial charge in [0.1, 0.15) is 0 Å². The molecule has 0 aliphatic carbocycles. The predicted molar refractivity (Wildman–Crippen MR) is 57.7 cm³/mol. The largest absolute Gasteiger partial charge is 0.351 e. The molecule has 2 aromatic heterocycles. The average Bonchev–Trinajstić information content (AvgIpc) is 2.66. The number of nitrogens with zero attached hydrogens (tertiary/aromatic N) is 2. The van der Waals surface area contributed by atoms with Crippen LogP contribution in [0, 0.1) is 18.6 Å². The van der Waals surface area contributed by atoms with Gasteiger partial charge in [0.05, 0.1) is 0 Å². The first-order valence-electron chi connectivity index (χ1n) is 4.37. The van der Waals surface area contributed by atoms with Crippen molar-refractivity contribution in [2.75, 3.05) is 0 Å². The normalized spacial score (nSPS) is 10.8. The number of aromatic amines is 2. The summed E-state index contributed by atoms with van der Waals surface area (Å²) in [6.45, 7) is 4.13. The van der Waals surface area contributed by atoms with E-state index in [1.807, 2.05) is 7.05 Å². The Balaban J connectivity index is 2.62. The topological polar surface area (TPSA) is 49.4 Å². The van der Waals surface area contributed by atoms with Gasteiger partial charge in [-0.15, -0.1) is 0 Å². The average molecular weight is 208 g/mol. The fourth-order valence-corrected chi connectivity index (χ4v) is 1.64. The molecule has 0 aromatic carbocycles. The molecular formula is C9H12N4S. The Labute approximate surface area is 87.0 Å². The molecule has 0 unspecified atom stereocenters. The maximum atomic E-state index is 4.91. The number of H-pyrrole nitrogens is 2. The number of hydrogen-bond acceptors (Lipinski definition) is 2. The monoisotopic (exact) mass is 208 g/mol. The summed E-state index contributed by atoms with van der Waals surface area (Å²) >= 11 is 4.91. The highest BCUT2D eigenvalue weighted by atomic mass is 32.1. The van der Waals surface area contributed by atoms with E-state index < -0.39 is 0 Å². The molecule has 2 heterocycles. The molecule has 2 N–H and O–H groups in total. The lowest BCUT2D eigenvalue weighted by atomic mass is 10.2. The van der Waals surface area contributed by atoms with Gasteiger partial charge in [0.2, 0.25) is 4.77 Å². The van der Waals surface area contributed by atoms with Crippen molar-refractivity contribution in [3.8, 4) is 11.4 Å². The quantitative estimate of drug-likeness (QED) is 0.705. The summed E-state index contributed by atoms with van der Waals surface area (Å²) < 4.78 is 2.61. The molecule has 5 heteroatoms. The Bertz CT molecular complexity index is 517. The molecule has 0 atom stereocenters. The zero-order valence-corrected chi connectivity index (χ0v) is 9.20. The summed E-state index contributed by atoms with van der Waals surface area (Å²) in [6, 6.07) is 2.09. The Hall–Kier alpha value is -1.36. The van der Waals surface area contributed by atoms with Crippen molar-refractivity contribution in [3.05, 3.63) is 22.2 Å². The van der Waals surface area contributed by atoms with Gasteiger partial charge < -0.3 is 4.57 Å². The minimum absolute atomic E-state index is 0.487. The molecule has 0 spiro atoms. The van der Waals surface area contributed by atoms with E-state index in [1.165, 1.54) is 11.4 Å². The van der Waals surface area contributed by atoms with Crippen LogP contribution in [0.15, 0.2) is 6.07 Å². The number of aryl methyl sites for hydroxylation is 1. The van der Waals surface area contributed by atoms with Crippen LogP contribution in [0.5, 0.6) is 0 Å². The SMILES string of the molecule is Cc1cc(-c2nc(=S)[nH][nH]2)c(C)n1C. The highest BCUT2D eigenvalue weighted by molar-refractivity contribution is 7.71. The Morgan fingerprint density at radius 3 is 2.50 bits per heavy atom. The lowest BCUT2D eigenvalue weighted by Crippen LogP contribution is -1.93. The van der Waals surface area contributed by atoms with Gasteiger partial charge in [0.15, 0.2) is 5.82 Å². The van der Waals surface area contributed by atoms with Gasteiger partial charge in [-0.3, -0.25) is 10.2 Å². The molecule has 2 aromatic rings. The van der Waals surface area contributed by atoms with E-state index in [4.69, 9.17) is 12.2 Å². The predicted octanol–water partition coefficient (Wildman–Crippen LogP) is 2.09. The van der Waals surface area contributed by atoms with Crippen LogP contribution in [0.1, 0.15) is 11.4 Å². The summed E-state index contributed by atoms with van der Waals surface area (Å²) in [5.74, 6) is 0.802. The van der Waals surface area contributed by atoms with Crippen LogP contribution in [0.4, 0.5) is 0 Å². The zero-order valence-electron chi connectivity index (χ0n) is 8.38. The maximum absolute atomic E-state index is 4.91. The van der Waals surface area contributed by atoms with Gasteiger partial charge in [0.25, 0.3) is 0 Å². The number of hydrogen-bond donors (Lipinski definition) is 2. The molecule has 0 aliphatic heterocycles. The van der Waals surface area contributed by atoms with Crippen molar-refractivity contribution < 1.29 is 0 Å². The van der Waals surface area contributed by atoms with Crippen molar-refractivity contribution in [2.24, 2.45) is 7.05 Å². The van der Waals surface area contributed by atoms with Gasteiger partial charge in [0, 0.05) is 24.0 Å². The molecule has 2 rings (SSSR count). The van der Waals surface area contributed by atoms with Crippen LogP contribution in [0.3, 0.4) is 0 Å². The standard InChI is InChI=1S/C9H12N4S/c1-5-4-7(6(2)13(5)3)8-10-9(14)12-11-8/h4H,1-3H3,(H2,10,11,12,14). The summed E-state index contributed by atoms with van der Waals surface area (Å²) in [4.78, 5) is 4.19. The number of nitrogens with one attached hydrogen (secondary N) is 2. The molecule has 0 saturated heterocycles. The molecule has 4 nitrogen and oxygen atoms in total. The van der Waals surface area contributed by atoms with Crippen LogP contribution >= 0.6 is 12.2 Å². The highest BCUT2D eigenvalue weighted by Gasteiger charge is 2.10. The summed E-state index contributed by atoms with van der Waals surface area (Å²) in [5, 5.41) is 5.74. The summed E-state index contributed by atoms with van der Waals surface area (Å²) in [5.41, 5.74) is 3.48. The van der Waals surface area contributed by atoms with Gasteiger partial charge in [-0.25, -0.2) is 0 Å². The maximum Gasteiger partial charge on any atom is 0.213 e. The zero-order chi connectivity index (χ0) is 10.3. The lowest BCUT2D eigenvalue weighted by molar-refractivity contribution is 0.844. The first kappa shape index (κ1) is 9.21. The molecule has 0 radical (unpaired) electrons. The second kappa shape index (κ2) is 3.09. The van der Waals surface area contributed by atoms with E-state index in [2.05, 4.69) is 39.7 Å². The summed E-state index contributed by atoms with van der Waals surface area (Å²) in [7, 11) is 2.04. The molecular weight excluding hydrogens is 196 g/mol. The minimum Gasteiger partial charge on any atom is -0.351 e. The first-order valence-corrected chi connectivity index (χ1v) is 4.78. The van der Waals surface area contributed by atoms with Crippen molar-refractivity contribution in [1.29, 1.82) is 0 Å². The second-order valence-corrected chi connectivity index (χ2v) is 3.75. The number of aromatic nitrogens is 4. The van der Waals surface area contributed by atoms with Gasteiger partial charge >= 0.3 is 0 Å². The lowest BCUT2D eigenvalue weighted by Gasteiger charge is -1.99. The van der Waals surface area contributed by atoms with Gasteiger partial charge in [-0.2, -0.15) is 4.98 Å². The molecule has 74 valence electrons. The van der Waals surface area contributed by atoms with E-state index >= 15 is 0 Å². The van der Waals surface area contributed by atoms with Crippen LogP contribution < -0.4 is 0 Å². The van der Waals surface area contributed by atoms with Crippen LogP contribution in [-0.4, -0.2) is 19.7 Å². The van der Waals surface area contributed by atoms with Crippen molar-refractivity contribution >= 4 is 12.2 Å². The molecule has 0 saturated carbocycles. The Kier molecular flexibility index (Phi) is 2.03. The fourth-order valence-electron chi connectivity index (χ4n) is 1.49. The molecule has 0 bridgehead atoms. The van der Waals surface area contributed by atoms with Crippen LogP contribution in [0.2, 0.25) is 0 Å². The van der Waals surface area contributed by atoms with Crippen LogP contribution in [0.25, 0.3) is 11.4 Å². The highest BCUT2D eigenvalue weighted by Crippen LogP contribution is 2.22. The van der Waals surface area contributed by atoms with Crippen molar-refractivity contribution in [2.45, 2.75) is 13.8 Å². The first-order chi connectivity index (χ1) is 6.59. The second-order valence-electron chi connectivity index (χ2n) is 3.36. The van der Waals surface area contributed by atoms with Gasteiger partial charge in [-0.1, -0.05) is 0 Å².